The molecule has 1 heterocycles. The molecule has 0 N–H and O–H groups in total. The third kappa shape index (κ3) is 2.31. The van der Waals surface area contributed by atoms with Crippen LogP contribution >= 0.6 is 15.9 Å². The zero-order valence-electron chi connectivity index (χ0n) is 10.9. The van der Waals surface area contributed by atoms with Crippen LogP contribution in [0.2, 0.25) is 0 Å². The van der Waals surface area contributed by atoms with Crippen molar-refractivity contribution in [1.29, 1.82) is 0 Å². The van der Waals surface area contributed by atoms with Crippen molar-refractivity contribution >= 4 is 32.8 Å². The second-order valence-electron chi connectivity index (χ2n) is 4.56. The first-order chi connectivity index (χ1) is 9.97. The van der Waals surface area contributed by atoms with Gasteiger partial charge in [-0.1, -0.05) is 15.9 Å². The summed E-state index contributed by atoms with van der Waals surface area (Å²) in [6.45, 7) is 0. The third-order valence-electron chi connectivity index (χ3n) is 3.23. The number of ketones is 1. The molecule has 0 aliphatic heterocycles. The van der Waals surface area contributed by atoms with Crippen LogP contribution in [0.25, 0.3) is 11.1 Å². The Balaban J connectivity index is 2.13. The van der Waals surface area contributed by atoms with Crippen molar-refractivity contribution in [3.63, 3.8) is 0 Å². The Hall–Kier alpha value is -2.21. The van der Waals surface area contributed by atoms with E-state index in [9.17, 15) is 14.0 Å². The van der Waals surface area contributed by atoms with Crippen LogP contribution in [0.4, 0.5) is 4.39 Å². The van der Waals surface area contributed by atoms with Crippen molar-refractivity contribution in [1.82, 2.24) is 4.57 Å². The van der Waals surface area contributed by atoms with E-state index in [1.54, 1.807) is 19.2 Å². The summed E-state index contributed by atoms with van der Waals surface area (Å²) in [5.41, 5.74) is 1.09. The summed E-state index contributed by atoms with van der Waals surface area (Å²) in [5, 5.41) is 0. The Morgan fingerprint density at radius 3 is 2.76 bits per heavy atom. The minimum atomic E-state index is -0.599. The number of benzene rings is 2. The topological polar surface area (TPSA) is 52.2 Å². The standard InChI is InChI=1S/C15H9BrFNO3/c1-18-12-5-2-8(6-13(12)21-15(18)20)14(19)10-7-9(16)3-4-11(10)17/h2-7H,1H3. The van der Waals surface area contributed by atoms with Crippen LogP contribution in [0.3, 0.4) is 0 Å². The van der Waals surface area contributed by atoms with Gasteiger partial charge in [-0.2, -0.15) is 0 Å². The number of nitrogens with zero attached hydrogens (tertiary/aromatic N) is 1. The van der Waals surface area contributed by atoms with E-state index in [4.69, 9.17) is 4.42 Å². The van der Waals surface area contributed by atoms with Crippen LogP contribution < -0.4 is 5.76 Å². The van der Waals surface area contributed by atoms with Gasteiger partial charge in [-0.25, -0.2) is 9.18 Å². The minimum Gasteiger partial charge on any atom is -0.408 e. The third-order valence-corrected chi connectivity index (χ3v) is 3.72. The Labute approximate surface area is 126 Å². The summed E-state index contributed by atoms with van der Waals surface area (Å²) in [4.78, 5) is 23.8. The number of hydrogen-bond acceptors (Lipinski definition) is 3. The first kappa shape index (κ1) is 13.8. The molecule has 0 aliphatic carbocycles. The van der Waals surface area contributed by atoms with Gasteiger partial charge in [-0.15, -0.1) is 0 Å². The molecule has 106 valence electrons. The molecule has 3 rings (SSSR count). The van der Waals surface area contributed by atoms with Gasteiger partial charge in [-0.05, 0) is 36.4 Å². The molecule has 6 heteroatoms. The molecule has 0 atom stereocenters. The van der Waals surface area contributed by atoms with Gasteiger partial charge < -0.3 is 4.42 Å². The summed E-state index contributed by atoms with van der Waals surface area (Å²) in [5.74, 6) is -1.58. The monoisotopic (exact) mass is 349 g/mol. The van der Waals surface area contributed by atoms with E-state index in [-0.39, 0.29) is 11.1 Å². The van der Waals surface area contributed by atoms with Gasteiger partial charge in [0.2, 0.25) is 0 Å². The van der Waals surface area contributed by atoms with E-state index in [1.807, 2.05) is 0 Å². The van der Waals surface area contributed by atoms with E-state index in [1.165, 1.54) is 28.8 Å². The largest absolute Gasteiger partial charge is 0.419 e. The highest BCUT2D eigenvalue weighted by Crippen LogP contribution is 2.21. The summed E-state index contributed by atoms with van der Waals surface area (Å²) in [6, 6.07) is 8.75. The average Bonchev–Trinajstić information content (AvgIpc) is 2.75. The molecule has 4 nitrogen and oxygen atoms in total. The second-order valence-corrected chi connectivity index (χ2v) is 5.48. The van der Waals surface area contributed by atoms with Crippen molar-refractivity contribution in [3.8, 4) is 0 Å². The fraction of sp³-hybridized carbons (Fsp3) is 0.0667. The Morgan fingerprint density at radius 1 is 1.24 bits per heavy atom. The number of hydrogen-bond donors (Lipinski definition) is 0. The lowest BCUT2D eigenvalue weighted by atomic mass is 10.0. The number of fused-ring (bicyclic) bond motifs is 1. The predicted octanol–water partition coefficient (Wildman–Crippen LogP) is 3.26. The normalized spacial score (nSPS) is 11.0. The summed E-state index contributed by atoms with van der Waals surface area (Å²) in [6.07, 6.45) is 0. The SMILES string of the molecule is Cn1c(=O)oc2cc(C(=O)c3cc(Br)ccc3F)ccc21. The molecular formula is C15H9BrFNO3. The van der Waals surface area contributed by atoms with Gasteiger partial charge in [0.1, 0.15) is 5.82 Å². The van der Waals surface area contributed by atoms with Crippen molar-refractivity contribution in [2.45, 2.75) is 0 Å². The average molecular weight is 350 g/mol. The van der Waals surface area contributed by atoms with E-state index >= 15 is 0 Å². The molecular weight excluding hydrogens is 341 g/mol. The number of aromatic nitrogens is 1. The lowest BCUT2D eigenvalue weighted by Crippen LogP contribution is -2.08. The fourth-order valence-electron chi connectivity index (χ4n) is 2.10. The van der Waals surface area contributed by atoms with Gasteiger partial charge in [0.25, 0.3) is 0 Å². The number of oxazole rings is 1. The van der Waals surface area contributed by atoms with Gasteiger partial charge in [-0.3, -0.25) is 9.36 Å². The van der Waals surface area contributed by atoms with Gasteiger partial charge >= 0.3 is 5.76 Å². The molecule has 0 saturated heterocycles. The van der Waals surface area contributed by atoms with Crippen molar-refractivity contribution in [2.75, 3.05) is 0 Å². The molecule has 0 aliphatic rings. The van der Waals surface area contributed by atoms with Gasteiger partial charge in [0.05, 0.1) is 11.1 Å². The highest BCUT2D eigenvalue weighted by atomic mass is 79.9. The Bertz CT molecular complexity index is 926. The lowest BCUT2D eigenvalue weighted by Gasteiger charge is -2.03. The maximum Gasteiger partial charge on any atom is 0.419 e. The number of halogens is 2. The number of rotatable bonds is 2. The van der Waals surface area contributed by atoms with Gasteiger partial charge in [0, 0.05) is 17.1 Å². The molecule has 0 amide bonds. The zero-order valence-corrected chi connectivity index (χ0v) is 12.5. The number of carbonyl (C=O) groups is 1. The Kier molecular flexibility index (Phi) is 3.25. The Morgan fingerprint density at radius 2 is 2.00 bits per heavy atom. The first-order valence-corrected chi connectivity index (χ1v) is 6.86. The molecule has 2 aromatic carbocycles. The fourth-order valence-corrected chi connectivity index (χ4v) is 2.46. The number of carbonyl (C=O) groups excluding carboxylic acids is 1. The van der Waals surface area contributed by atoms with Crippen molar-refractivity contribution < 1.29 is 13.6 Å². The van der Waals surface area contributed by atoms with E-state index < -0.39 is 17.4 Å². The maximum atomic E-state index is 13.8. The molecule has 0 spiro atoms. The smallest absolute Gasteiger partial charge is 0.408 e. The second kappa shape index (κ2) is 4.96. The molecule has 3 aromatic rings. The van der Waals surface area contributed by atoms with Crippen LogP contribution in [-0.4, -0.2) is 10.4 Å². The van der Waals surface area contributed by atoms with Crippen molar-refractivity contribution in [3.05, 3.63) is 68.4 Å². The van der Waals surface area contributed by atoms with Crippen LogP contribution in [0, 0.1) is 5.82 Å². The summed E-state index contributed by atoms with van der Waals surface area (Å²) < 4.78 is 20.7. The molecule has 0 fully saturated rings. The lowest BCUT2D eigenvalue weighted by molar-refractivity contribution is 0.103. The molecule has 1 aromatic heterocycles. The molecule has 0 bridgehead atoms. The first-order valence-electron chi connectivity index (χ1n) is 6.06. The maximum absolute atomic E-state index is 13.8. The molecule has 0 radical (unpaired) electrons. The van der Waals surface area contributed by atoms with E-state index in [2.05, 4.69) is 15.9 Å². The zero-order chi connectivity index (χ0) is 15.1. The van der Waals surface area contributed by atoms with Crippen LogP contribution in [0.15, 0.2) is 50.1 Å². The predicted molar refractivity (Wildman–Crippen MR) is 79.0 cm³/mol. The molecule has 0 saturated carbocycles. The molecule has 0 unspecified atom stereocenters. The van der Waals surface area contributed by atoms with Crippen LogP contribution in [-0.2, 0) is 7.05 Å². The van der Waals surface area contributed by atoms with E-state index in [0.717, 1.165) is 0 Å². The summed E-state index contributed by atoms with van der Waals surface area (Å²) in [7, 11) is 1.57. The highest BCUT2D eigenvalue weighted by molar-refractivity contribution is 9.10. The van der Waals surface area contributed by atoms with Gasteiger partial charge in [0.15, 0.2) is 11.4 Å². The van der Waals surface area contributed by atoms with Crippen LogP contribution in [0.1, 0.15) is 15.9 Å². The molecule has 21 heavy (non-hydrogen) atoms. The van der Waals surface area contributed by atoms with Crippen LogP contribution in [0.5, 0.6) is 0 Å². The highest BCUT2D eigenvalue weighted by Gasteiger charge is 2.16. The minimum absolute atomic E-state index is 0.0398. The van der Waals surface area contributed by atoms with E-state index in [0.29, 0.717) is 15.6 Å². The number of aryl methyl sites for hydroxylation is 1. The quantitative estimate of drug-likeness (QED) is 0.667. The van der Waals surface area contributed by atoms with Crippen molar-refractivity contribution in [2.24, 2.45) is 7.05 Å². The summed E-state index contributed by atoms with van der Waals surface area (Å²) >= 11 is 3.21.